The minimum Gasteiger partial charge on any atom is -0.355 e. The van der Waals surface area contributed by atoms with E-state index in [1.807, 2.05) is 43.3 Å². The minimum absolute atomic E-state index is 0.723. The van der Waals surface area contributed by atoms with Crippen molar-refractivity contribution in [2.75, 3.05) is 5.32 Å². The molecule has 2 nitrogen and oxygen atoms in total. The topological polar surface area (TPSA) is 35.8 Å². The molecule has 0 atom stereocenters. The standard InChI is InChI=1S/C15H14N2/c1-11-5-3-4-6-15(11)17-14-8-7-13(10-16)12(2)9-14/h3-9,17H,1-2H3. The Morgan fingerprint density at radius 3 is 2.41 bits per heavy atom. The van der Waals surface area contributed by atoms with Crippen molar-refractivity contribution in [3.8, 4) is 6.07 Å². The smallest absolute Gasteiger partial charge is 0.0994 e. The largest absolute Gasteiger partial charge is 0.355 e. The van der Waals surface area contributed by atoms with E-state index in [1.54, 1.807) is 0 Å². The van der Waals surface area contributed by atoms with Crippen LogP contribution in [0.5, 0.6) is 0 Å². The Hall–Kier alpha value is -2.27. The highest BCUT2D eigenvalue weighted by Crippen LogP contribution is 2.21. The lowest BCUT2D eigenvalue weighted by atomic mass is 10.1. The van der Waals surface area contributed by atoms with Crippen LogP contribution in [0.3, 0.4) is 0 Å². The third kappa shape index (κ3) is 2.46. The molecule has 0 saturated carbocycles. The monoisotopic (exact) mass is 222 g/mol. The average molecular weight is 222 g/mol. The van der Waals surface area contributed by atoms with E-state index >= 15 is 0 Å². The summed E-state index contributed by atoms with van der Waals surface area (Å²) in [6, 6.07) is 16.1. The van der Waals surface area contributed by atoms with E-state index in [0.717, 1.165) is 22.5 Å². The van der Waals surface area contributed by atoms with Gasteiger partial charge < -0.3 is 5.32 Å². The molecule has 17 heavy (non-hydrogen) atoms. The van der Waals surface area contributed by atoms with Gasteiger partial charge in [-0.05, 0) is 49.2 Å². The number of nitrogens with one attached hydrogen (secondary N) is 1. The molecule has 0 radical (unpaired) electrons. The fraction of sp³-hybridized carbons (Fsp3) is 0.133. The zero-order chi connectivity index (χ0) is 12.3. The molecule has 0 bridgehead atoms. The molecule has 2 aromatic carbocycles. The van der Waals surface area contributed by atoms with Crippen molar-refractivity contribution >= 4 is 11.4 Å². The van der Waals surface area contributed by atoms with Gasteiger partial charge in [0.2, 0.25) is 0 Å². The molecule has 0 aliphatic rings. The summed E-state index contributed by atoms with van der Waals surface area (Å²) in [4.78, 5) is 0. The Morgan fingerprint density at radius 2 is 1.76 bits per heavy atom. The first-order valence-corrected chi connectivity index (χ1v) is 5.54. The fourth-order valence-corrected chi connectivity index (χ4v) is 1.74. The van der Waals surface area contributed by atoms with Crippen LogP contribution in [0, 0.1) is 25.2 Å². The molecular weight excluding hydrogens is 208 g/mol. The number of aryl methyl sites for hydroxylation is 2. The van der Waals surface area contributed by atoms with Gasteiger partial charge in [0.15, 0.2) is 0 Å². The van der Waals surface area contributed by atoms with E-state index in [-0.39, 0.29) is 0 Å². The van der Waals surface area contributed by atoms with Crippen LogP contribution >= 0.6 is 0 Å². The molecule has 0 aromatic heterocycles. The molecule has 2 rings (SSSR count). The molecule has 0 amide bonds. The van der Waals surface area contributed by atoms with Crippen LogP contribution in [-0.4, -0.2) is 0 Å². The summed E-state index contributed by atoms with van der Waals surface area (Å²) in [5.74, 6) is 0. The van der Waals surface area contributed by atoms with Crippen LogP contribution in [0.25, 0.3) is 0 Å². The van der Waals surface area contributed by atoms with Gasteiger partial charge in [-0.2, -0.15) is 5.26 Å². The van der Waals surface area contributed by atoms with Gasteiger partial charge in [-0.1, -0.05) is 18.2 Å². The van der Waals surface area contributed by atoms with Crippen LogP contribution in [0.1, 0.15) is 16.7 Å². The zero-order valence-corrected chi connectivity index (χ0v) is 9.99. The van der Waals surface area contributed by atoms with Crippen LogP contribution < -0.4 is 5.32 Å². The van der Waals surface area contributed by atoms with Gasteiger partial charge in [0.25, 0.3) is 0 Å². The number of para-hydroxylation sites is 1. The lowest BCUT2D eigenvalue weighted by molar-refractivity contribution is 1.37. The van der Waals surface area contributed by atoms with Crippen LogP contribution in [0.2, 0.25) is 0 Å². The highest BCUT2D eigenvalue weighted by Gasteiger charge is 2.01. The lowest BCUT2D eigenvalue weighted by Crippen LogP contribution is -1.94. The van der Waals surface area contributed by atoms with E-state index in [0.29, 0.717) is 0 Å². The first kappa shape index (κ1) is 11.2. The van der Waals surface area contributed by atoms with Crippen molar-refractivity contribution in [3.05, 3.63) is 59.2 Å². The molecule has 1 N–H and O–H groups in total. The zero-order valence-electron chi connectivity index (χ0n) is 9.99. The first-order chi connectivity index (χ1) is 8.20. The van der Waals surface area contributed by atoms with Gasteiger partial charge in [-0.25, -0.2) is 0 Å². The predicted octanol–water partition coefficient (Wildman–Crippen LogP) is 3.92. The lowest BCUT2D eigenvalue weighted by Gasteiger charge is -2.10. The number of hydrogen-bond donors (Lipinski definition) is 1. The summed E-state index contributed by atoms with van der Waals surface area (Å²) < 4.78 is 0. The van der Waals surface area contributed by atoms with Crippen molar-refractivity contribution in [3.63, 3.8) is 0 Å². The first-order valence-electron chi connectivity index (χ1n) is 5.54. The normalized spacial score (nSPS) is 9.71. The van der Waals surface area contributed by atoms with Crippen LogP contribution in [0.4, 0.5) is 11.4 Å². The van der Waals surface area contributed by atoms with Gasteiger partial charge in [0.05, 0.1) is 11.6 Å². The van der Waals surface area contributed by atoms with Gasteiger partial charge in [-0.3, -0.25) is 0 Å². The molecule has 2 heteroatoms. The number of rotatable bonds is 2. The maximum absolute atomic E-state index is 8.87. The van der Waals surface area contributed by atoms with Crippen molar-refractivity contribution in [1.29, 1.82) is 5.26 Å². The van der Waals surface area contributed by atoms with E-state index in [9.17, 15) is 0 Å². The SMILES string of the molecule is Cc1cc(Nc2ccccc2C)ccc1C#N. The fourth-order valence-electron chi connectivity index (χ4n) is 1.74. The molecule has 0 saturated heterocycles. The Morgan fingerprint density at radius 1 is 1.00 bits per heavy atom. The predicted molar refractivity (Wildman–Crippen MR) is 70.4 cm³/mol. The van der Waals surface area contributed by atoms with Gasteiger partial charge in [0, 0.05) is 11.4 Å². The molecule has 0 aliphatic heterocycles. The van der Waals surface area contributed by atoms with Crippen LogP contribution in [0.15, 0.2) is 42.5 Å². The number of benzene rings is 2. The Labute approximate surface area is 102 Å². The van der Waals surface area contributed by atoms with E-state index < -0.39 is 0 Å². The van der Waals surface area contributed by atoms with Crippen molar-refractivity contribution < 1.29 is 0 Å². The van der Waals surface area contributed by atoms with E-state index in [1.165, 1.54) is 5.56 Å². The van der Waals surface area contributed by atoms with Crippen LogP contribution in [-0.2, 0) is 0 Å². The number of nitrogens with zero attached hydrogens (tertiary/aromatic N) is 1. The second-order valence-electron chi connectivity index (χ2n) is 4.08. The van der Waals surface area contributed by atoms with Crippen molar-refractivity contribution in [2.45, 2.75) is 13.8 Å². The highest BCUT2D eigenvalue weighted by atomic mass is 14.9. The van der Waals surface area contributed by atoms with Gasteiger partial charge in [0.1, 0.15) is 0 Å². The Bertz CT molecular complexity index is 580. The third-order valence-electron chi connectivity index (χ3n) is 2.77. The van der Waals surface area contributed by atoms with E-state index in [2.05, 4.69) is 24.4 Å². The maximum atomic E-state index is 8.87. The summed E-state index contributed by atoms with van der Waals surface area (Å²) in [7, 11) is 0. The summed E-state index contributed by atoms with van der Waals surface area (Å²) >= 11 is 0. The second-order valence-corrected chi connectivity index (χ2v) is 4.08. The summed E-state index contributed by atoms with van der Waals surface area (Å²) in [6.07, 6.45) is 0. The molecule has 84 valence electrons. The highest BCUT2D eigenvalue weighted by molar-refractivity contribution is 5.64. The molecule has 0 heterocycles. The third-order valence-corrected chi connectivity index (χ3v) is 2.77. The van der Waals surface area contributed by atoms with Gasteiger partial charge >= 0.3 is 0 Å². The van der Waals surface area contributed by atoms with E-state index in [4.69, 9.17) is 5.26 Å². The second kappa shape index (κ2) is 4.71. The number of hydrogen-bond acceptors (Lipinski definition) is 2. The molecular formula is C15H14N2. The Kier molecular flexibility index (Phi) is 3.11. The summed E-state index contributed by atoms with van der Waals surface area (Å²) in [5.41, 5.74) is 5.02. The number of anilines is 2. The van der Waals surface area contributed by atoms with Crippen molar-refractivity contribution in [2.24, 2.45) is 0 Å². The van der Waals surface area contributed by atoms with Crippen molar-refractivity contribution in [1.82, 2.24) is 0 Å². The summed E-state index contributed by atoms with van der Waals surface area (Å²) in [5, 5.41) is 12.2. The Balaban J connectivity index is 2.29. The quantitative estimate of drug-likeness (QED) is 0.836. The molecule has 2 aromatic rings. The van der Waals surface area contributed by atoms with Gasteiger partial charge in [-0.15, -0.1) is 0 Å². The molecule has 0 aliphatic carbocycles. The average Bonchev–Trinajstić information content (AvgIpc) is 2.32. The summed E-state index contributed by atoms with van der Waals surface area (Å²) in [6.45, 7) is 4.01. The molecule has 0 spiro atoms. The number of nitriles is 1. The minimum atomic E-state index is 0.723. The molecule has 0 fully saturated rings. The molecule has 0 unspecified atom stereocenters. The maximum Gasteiger partial charge on any atom is 0.0994 e.